The maximum absolute atomic E-state index is 13.9. The summed E-state index contributed by atoms with van der Waals surface area (Å²) in [6.07, 6.45) is -0.458. The number of nitrogens with zero attached hydrogens (tertiary/aromatic N) is 1. The minimum atomic E-state index is -2.04. The number of ether oxygens (including phenoxy) is 3. The summed E-state index contributed by atoms with van der Waals surface area (Å²) in [6, 6.07) is 22.9. The second-order valence-electron chi connectivity index (χ2n) is 8.77. The van der Waals surface area contributed by atoms with Gasteiger partial charge in [-0.1, -0.05) is 67.6 Å². The second-order valence-corrected chi connectivity index (χ2v) is 8.77. The third-order valence-electron chi connectivity index (χ3n) is 6.43. The molecule has 1 aliphatic heterocycles. The Morgan fingerprint density at radius 1 is 0.919 bits per heavy atom. The minimum Gasteiger partial charge on any atom is -0.497 e. The van der Waals surface area contributed by atoms with Crippen molar-refractivity contribution in [2.45, 2.75) is 38.0 Å². The number of carbonyl (C=O) groups is 3. The van der Waals surface area contributed by atoms with E-state index in [-0.39, 0.29) is 13.0 Å². The fourth-order valence-electron chi connectivity index (χ4n) is 4.54. The van der Waals surface area contributed by atoms with Crippen LogP contribution in [0.25, 0.3) is 0 Å². The van der Waals surface area contributed by atoms with Gasteiger partial charge in [0, 0.05) is 19.0 Å². The van der Waals surface area contributed by atoms with E-state index in [1.54, 1.807) is 42.5 Å². The molecule has 192 valence electrons. The Morgan fingerprint density at radius 2 is 1.51 bits per heavy atom. The Morgan fingerprint density at radius 3 is 2.08 bits per heavy atom. The van der Waals surface area contributed by atoms with Crippen LogP contribution in [0, 0.1) is 0 Å². The normalized spacial score (nSPS) is 17.8. The summed E-state index contributed by atoms with van der Waals surface area (Å²) in [5.41, 5.74) is 0.138. The molecule has 3 aromatic carbocycles. The van der Waals surface area contributed by atoms with Crippen molar-refractivity contribution in [2.75, 3.05) is 14.2 Å². The summed E-state index contributed by atoms with van der Waals surface area (Å²) < 4.78 is 16.3. The van der Waals surface area contributed by atoms with Crippen LogP contribution in [0.15, 0.2) is 78.9 Å². The van der Waals surface area contributed by atoms with Gasteiger partial charge in [-0.15, -0.1) is 0 Å². The molecule has 8 nitrogen and oxygen atoms in total. The summed E-state index contributed by atoms with van der Waals surface area (Å²) in [4.78, 5) is 41.9. The SMILES string of the molecule is CC[C@H](c1ccccc1)N1C(=O)O[C@](Cc2ccccc2)(C(=O)NCc2cc(OC)cc(OC)c2)C1=O. The monoisotopic (exact) mass is 502 g/mol. The molecule has 2 atom stereocenters. The lowest BCUT2D eigenvalue weighted by Crippen LogP contribution is -2.55. The Balaban J connectivity index is 1.66. The quantitative estimate of drug-likeness (QED) is 0.412. The molecule has 1 saturated heterocycles. The fourth-order valence-corrected chi connectivity index (χ4v) is 4.54. The van der Waals surface area contributed by atoms with E-state index in [0.29, 0.717) is 29.0 Å². The number of hydrogen-bond donors (Lipinski definition) is 1. The molecule has 1 aliphatic rings. The number of imide groups is 1. The number of methoxy groups -OCH3 is 2. The van der Waals surface area contributed by atoms with Gasteiger partial charge in [0.15, 0.2) is 0 Å². The topological polar surface area (TPSA) is 94.2 Å². The maximum atomic E-state index is 13.9. The van der Waals surface area contributed by atoms with E-state index >= 15 is 0 Å². The summed E-state index contributed by atoms with van der Waals surface area (Å²) in [5.74, 6) is -0.253. The highest BCUT2D eigenvalue weighted by molar-refractivity contribution is 6.17. The molecule has 1 N–H and O–H groups in total. The smallest absolute Gasteiger partial charge is 0.418 e. The third-order valence-corrected chi connectivity index (χ3v) is 6.43. The summed E-state index contributed by atoms with van der Waals surface area (Å²) >= 11 is 0. The summed E-state index contributed by atoms with van der Waals surface area (Å²) in [6.45, 7) is 1.95. The second kappa shape index (κ2) is 11.2. The molecular formula is C29H30N2O6. The van der Waals surface area contributed by atoms with Crippen molar-refractivity contribution in [1.29, 1.82) is 0 Å². The van der Waals surface area contributed by atoms with Crippen molar-refractivity contribution in [1.82, 2.24) is 10.2 Å². The van der Waals surface area contributed by atoms with Gasteiger partial charge in [-0.25, -0.2) is 9.69 Å². The largest absolute Gasteiger partial charge is 0.497 e. The van der Waals surface area contributed by atoms with Crippen LogP contribution in [0.4, 0.5) is 4.79 Å². The van der Waals surface area contributed by atoms with E-state index in [0.717, 1.165) is 10.5 Å². The molecule has 0 spiro atoms. The van der Waals surface area contributed by atoms with Gasteiger partial charge >= 0.3 is 6.09 Å². The molecule has 1 fully saturated rings. The number of carbonyl (C=O) groups excluding carboxylic acids is 3. The molecule has 0 saturated carbocycles. The molecule has 3 amide bonds. The van der Waals surface area contributed by atoms with E-state index in [1.165, 1.54) is 14.2 Å². The van der Waals surface area contributed by atoms with Gasteiger partial charge < -0.3 is 19.5 Å². The highest BCUT2D eigenvalue weighted by atomic mass is 16.6. The van der Waals surface area contributed by atoms with Crippen molar-refractivity contribution < 1.29 is 28.6 Å². The van der Waals surface area contributed by atoms with Crippen LogP contribution in [0.5, 0.6) is 11.5 Å². The first-order valence-electron chi connectivity index (χ1n) is 12.1. The Hall–Kier alpha value is -4.33. The van der Waals surface area contributed by atoms with Crippen LogP contribution in [0.1, 0.15) is 36.1 Å². The lowest BCUT2D eigenvalue weighted by molar-refractivity contribution is -0.150. The fraction of sp³-hybridized carbons (Fsp3) is 0.276. The zero-order valence-corrected chi connectivity index (χ0v) is 21.1. The van der Waals surface area contributed by atoms with E-state index in [4.69, 9.17) is 14.2 Å². The van der Waals surface area contributed by atoms with Crippen molar-refractivity contribution in [3.63, 3.8) is 0 Å². The summed E-state index contributed by atoms with van der Waals surface area (Å²) in [5, 5.41) is 2.80. The maximum Gasteiger partial charge on any atom is 0.418 e. The van der Waals surface area contributed by atoms with Crippen LogP contribution in [-0.2, 0) is 27.3 Å². The lowest BCUT2D eigenvalue weighted by Gasteiger charge is -2.27. The van der Waals surface area contributed by atoms with Crippen molar-refractivity contribution in [3.8, 4) is 11.5 Å². The lowest BCUT2D eigenvalue weighted by atomic mass is 9.91. The van der Waals surface area contributed by atoms with E-state index in [2.05, 4.69) is 5.32 Å². The van der Waals surface area contributed by atoms with Crippen LogP contribution in [-0.4, -0.2) is 42.6 Å². The van der Waals surface area contributed by atoms with Gasteiger partial charge in [0.25, 0.3) is 17.4 Å². The van der Waals surface area contributed by atoms with Crippen molar-refractivity contribution in [2.24, 2.45) is 0 Å². The molecule has 0 unspecified atom stereocenters. The number of nitrogens with one attached hydrogen (secondary N) is 1. The van der Waals surface area contributed by atoms with Crippen LogP contribution in [0.3, 0.4) is 0 Å². The number of cyclic esters (lactones) is 1. The average molecular weight is 503 g/mol. The first kappa shape index (κ1) is 25.8. The van der Waals surface area contributed by atoms with E-state index < -0.39 is 29.6 Å². The van der Waals surface area contributed by atoms with Gasteiger partial charge in [-0.05, 0) is 35.2 Å². The van der Waals surface area contributed by atoms with Crippen LogP contribution < -0.4 is 14.8 Å². The average Bonchev–Trinajstić information content (AvgIpc) is 3.18. The molecule has 1 heterocycles. The summed E-state index contributed by atoms with van der Waals surface area (Å²) in [7, 11) is 3.07. The predicted octanol–water partition coefficient (Wildman–Crippen LogP) is 4.43. The zero-order valence-electron chi connectivity index (χ0n) is 21.1. The minimum absolute atomic E-state index is 0.0731. The molecule has 0 radical (unpaired) electrons. The Bertz CT molecular complexity index is 1240. The molecule has 4 rings (SSSR count). The van der Waals surface area contributed by atoms with E-state index in [1.807, 2.05) is 43.3 Å². The number of hydrogen-bond acceptors (Lipinski definition) is 6. The first-order valence-corrected chi connectivity index (χ1v) is 12.1. The highest BCUT2D eigenvalue weighted by Crippen LogP contribution is 2.36. The van der Waals surface area contributed by atoms with Gasteiger partial charge in [-0.2, -0.15) is 0 Å². The van der Waals surface area contributed by atoms with Gasteiger partial charge in [0.1, 0.15) is 11.5 Å². The van der Waals surface area contributed by atoms with E-state index in [9.17, 15) is 14.4 Å². The number of rotatable bonds is 10. The standard InChI is InChI=1S/C29H30N2O6/c1-4-25(22-13-9-6-10-14-22)31-27(33)29(37-28(31)34,18-20-11-7-5-8-12-20)26(32)30-19-21-15-23(35-2)17-24(16-21)36-3/h5-17,25H,4,18-19H2,1-3H3,(H,30,32)/t25-,29-/m1/s1. The highest BCUT2D eigenvalue weighted by Gasteiger charge is 2.60. The Kier molecular flexibility index (Phi) is 7.77. The van der Waals surface area contributed by atoms with Crippen LogP contribution in [0.2, 0.25) is 0 Å². The Labute approximate surface area is 216 Å². The third kappa shape index (κ3) is 5.28. The van der Waals surface area contributed by atoms with Gasteiger partial charge in [0.05, 0.1) is 20.3 Å². The molecule has 3 aromatic rings. The molecular weight excluding hydrogens is 472 g/mol. The predicted molar refractivity (Wildman–Crippen MR) is 137 cm³/mol. The molecule has 37 heavy (non-hydrogen) atoms. The van der Waals surface area contributed by atoms with Crippen molar-refractivity contribution in [3.05, 3.63) is 95.6 Å². The van der Waals surface area contributed by atoms with Crippen LogP contribution >= 0.6 is 0 Å². The number of benzene rings is 3. The molecule has 0 aliphatic carbocycles. The zero-order chi connectivity index (χ0) is 26.4. The van der Waals surface area contributed by atoms with Crippen molar-refractivity contribution >= 4 is 17.9 Å². The van der Waals surface area contributed by atoms with Gasteiger partial charge in [0.2, 0.25) is 0 Å². The first-order chi connectivity index (χ1) is 17.9. The van der Waals surface area contributed by atoms with Gasteiger partial charge in [-0.3, -0.25) is 9.59 Å². The molecule has 0 aromatic heterocycles. The number of amides is 3. The molecule has 0 bridgehead atoms. The molecule has 8 heteroatoms.